The van der Waals surface area contributed by atoms with Crippen molar-refractivity contribution in [2.24, 2.45) is 0 Å². The van der Waals surface area contributed by atoms with Gasteiger partial charge in [-0.25, -0.2) is 0 Å². The molecule has 1 N–H and O–H groups in total. The van der Waals surface area contributed by atoms with Crippen LogP contribution in [0.15, 0.2) is 42.5 Å². The van der Waals surface area contributed by atoms with E-state index in [4.69, 9.17) is 4.74 Å². The molecule has 1 aliphatic carbocycles. The van der Waals surface area contributed by atoms with E-state index in [1.807, 2.05) is 18.2 Å². The topological polar surface area (TPSA) is 34.1 Å². The maximum atomic E-state index is 5.84. The summed E-state index contributed by atoms with van der Waals surface area (Å²) in [6, 6.07) is 15.1. The zero-order valence-corrected chi connectivity index (χ0v) is 12.5. The van der Waals surface area contributed by atoms with Crippen LogP contribution in [-0.2, 0) is 19.6 Å². The Kier molecular flexibility index (Phi) is 4.51. The molecule has 0 spiro atoms. The maximum absolute atomic E-state index is 5.84. The van der Waals surface area contributed by atoms with Gasteiger partial charge in [-0.1, -0.05) is 25.1 Å². The number of rotatable bonds is 7. The molecule has 0 saturated heterocycles. The second-order valence-electron chi connectivity index (χ2n) is 5.57. The minimum Gasteiger partial charge on any atom is -0.487 e. The Bertz CT molecular complexity index is 593. The highest BCUT2D eigenvalue weighted by atomic mass is 16.5. The fraction of sp³-hybridized carbons (Fsp3) is 0.389. The van der Waals surface area contributed by atoms with Gasteiger partial charge in [0.1, 0.15) is 12.4 Å². The van der Waals surface area contributed by atoms with E-state index in [1.165, 1.54) is 18.4 Å². The number of ether oxygens (including phenoxy) is 1. The zero-order chi connectivity index (χ0) is 14.5. The lowest BCUT2D eigenvalue weighted by Gasteiger charge is -2.08. The Morgan fingerprint density at radius 2 is 1.95 bits per heavy atom. The van der Waals surface area contributed by atoms with Gasteiger partial charge in [0.15, 0.2) is 0 Å². The molecule has 0 bridgehead atoms. The molecule has 21 heavy (non-hydrogen) atoms. The van der Waals surface area contributed by atoms with Crippen molar-refractivity contribution in [2.75, 3.05) is 0 Å². The average molecular weight is 282 g/mol. The van der Waals surface area contributed by atoms with Gasteiger partial charge in [0.2, 0.25) is 0 Å². The van der Waals surface area contributed by atoms with Gasteiger partial charge in [0.25, 0.3) is 0 Å². The highest BCUT2D eigenvalue weighted by Gasteiger charge is 2.20. The van der Waals surface area contributed by atoms with Crippen molar-refractivity contribution in [1.82, 2.24) is 10.3 Å². The molecular weight excluding hydrogens is 260 g/mol. The molecule has 0 aliphatic heterocycles. The number of pyridine rings is 1. The first kappa shape index (κ1) is 14.1. The fourth-order valence-corrected chi connectivity index (χ4v) is 2.26. The summed E-state index contributed by atoms with van der Waals surface area (Å²) in [5, 5.41) is 3.49. The lowest BCUT2D eigenvalue weighted by molar-refractivity contribution is 0.300. The van der Waals surface area contributed by atoms with Gasteiger partial charge in [-0.15, -0.1) is 0 Å². The summed E-state index contributed by atoms with van der Waals surface area (Å²) in [7, 11) is 0. The van der Waals surface area contributed by atoms with Crippen LogP contribution in [0.5, 0.6) is 5.75 Å². The van der Waals surface area contributed by atoms with Gasteiger partial charge in [-0.2, -0.15) is 0 Å². The van der Waals surface area contributed by atoms with Gasteiger partial charge >= 0.3 is 0 Å². The van der Waals surface area contributed by atoms with E-state index in [-0.39, 0.29) is 0 Å². The molecule has 2 aromatic rings. The molecule has 3 rings (SSSR count). The first-order valence-corrected chi connectivity index (χ1v) is 7.73. The molecule has 0 radical (unpaired) electrons. The summed E-state index contributed by atoms with van der Waals surface area (Å²) in [6.45, 7) is 3.52. The smallest absolute Gasteiger partial charge is 0.130 e. The minimum absolute atomic E-state index is 0.518. The van der Waals surface area contributed by atoms with Gasteiger partial charge < -0.3 is 10.1 Å². The summed E-state index contributed by atoms with van der Waals surface area (Å²) in [6.07, 6.45) is 3.63. The number of aromatic nitrogens is 1. The quantitative estimate of drug-likeness (QED) is 0.844. The molecule has 3 nitrogen and oxygen atoms in total. The first-order chi connectivity index (χ1) is 10.3. The van der Waals surface area contributed by atoms with Crippen LogP contribution in [0.3, 0.4) is 0 Å². The Morgan fingerprint density at radius 3 is 2.76 bits per heavy atom. The van der Waals surface area contributed by atoms with Crippen molar-refractivity contribution < 1.29 is 4.74 Å². The number of aryl methyl sites for hydroxylation is 1. The Balaban J connectivity index is 1.57. The molecule has 0 amide bonds. The van der Waals surface area contributed by atoms with Crippen LogP contribution in [0.4, 0.5) is 0 Å². The maximum Gasteiger partial charge on any atom is 0.130 e. The van der Waals surface area contributed by atoms with Crippen molar-refractivity contribution in [1.29, 1.82) is 0 Å². The molecule has 1 aliphatic rings. The zero-order valence-electron chi connectivity index (χ0n) is 12.5. The fourth-order valence-electron chi connectivity index (χ4n) is 2.26. The molecule has 1 fully saturated rings. The third-order valence-corrected chi connectivity index (χ3v) is 3.71. The highest BCUT2D eigenvalue weighted by Crippen LogP contribution is 2.19. The van der Waals surface area contributed by atoms with Gasteiger partial charge in [-0.3, -0.25) is 4.98 Å². The van der Waals surface area contributed by atoms with E-state index in [9.17, 15) is 0 Å². The molecule has 1 aromatic heterocycles. The van der Waals surface area contributed by atoms with Crippen LogP contribution < -0.4 is 10.1 Å². The number of hydrogen-bond donors (Lipinski definition) is 1. The number of nitrogens with zero attached hydrogens (tertiary/aromatic N) is 1. The lowest BCUT2D eigenvalue weighted by atomic mass is 10.2. The predicted octanol–water partition coefficient (Wildman–Crippen LogP) is 3.48. The highest BCUT2D eigenvalue weighted by molar-refractivity contribution is 5.28. The third kappa shape index (κ3) is 4.30. The van der Waals surface area contributed by atoms with E-state index in [1.54, 1.807) is 0 Å². The van der Waals surface area contributed by atoms with Crippen LogP contribution >= 0.6 is 0 Å². The average Bonchev–Trinajstić information content (AvgIpc) is 3.36. The monoisotopic (exact) mass is 282 g/mol. The normalized spacial score (nSPS) is 14.1. The number of benzene rings is 1. The van der Waals surface area contributed by atoms with Crippen LogP contribution in [0.1, 0.15) is 36.7 Å². The van der Waals surface area contributed by atoms with E-state index in [2.05, 4.69) is 41.5 Å². The molecule has 0 unspecified atom stereocenters. The van der Waals surface area contributed by atoms with Crippen LogP contribution in [-0.4, -0.2) is 11.0 Å². The van der Waals surface area contributed by atoms with E-state index >= 15 is 0 Å². The molecule has 3 heteroatoms. The Morgan fingerprint density at radius 1 is 1.14 bits per heavy atom. The van der Waals surface area contributed by atoms with E-state index in [0.29, 0.717) is 12.6 Å². The summed E-state index contributed by atoms with van der Waals surface area (Å²) in [5.41, 5.74) is 3.36. The molecule has 1 heterocycles. The lowest BCUT2D eigenvalue weighted by Crippen LogP contribution is -2.16. The largest absolute Gasteiger partial charge is 0.487 e. The summed E-state index contributed by atoms with van der Waals surface area (Å²) >= 11 is 0. The molecular formula is C18H22N2O. The van der Waals surface area contributed by atoms with E-state index < -0.39 is 0 Å². The molecule has 0 atom stereocenters. The van der Waals surface area contributed by atoms with Gasteiger partial charge in [-0.05, 0) is 49.1 Å². The van der Waals surface area contributed by atoms with Crippen molar-refractivity contribution in [3.63, 3.8) is 0 Å². The molecule has 1 aromatic carbocycles. The van der Waals surface area contributed by atoms with Crippen molar-refractivity contribution in [3.8, 4) is 5.75 Å². The third-order valence-electron chi connectivity index (χ3n) is 3.71. The van der Waals surface area contributed by atoms with Crippen molar-refractivity contribution in [3.05, 3.63) is 59.4 Å². The Hall–Kier alpha value is -1.87. The molecule has 110 valence electrons. The number of nitrogens with one attached hydrogen (secondary N) is 1. The van der Waals surface area contributed by atoms with Crippen molar-refractivity contribution in [2.45, 2.75) is 45.4 Å². The Labute approximate surface area is 126 Å². The van der Waals surface area contributed by atoms with Crippen LogP contribution in [0, 0.1) is 0 Å². The number of hydrogen-bond acceptors (Lipinski definition) is 3. The molecule has 1 saturated carbocycles. The summed E-state index contributed by atoms with van der Waals surface area (Å²) < 4.78 is 5.84. The van der Waals surface area contributed by atoms with Crippen LogP contribution in [0.2, 0.25) is 0 Å². The second kappa shape index (κ2) is 6.72. The second-order valence-corrected chi connectivity index (χ2v) is 5.57. The standard InChI is InChI=1S/C18H22N2O/c1-2-14-5-3-8-18(11-14)21-13-17-7-4-6-16(20-17)12-19-15-9-10-15/h3-8,11,15,19H,2,9-10,12-13H2,1H3. The minimum atomic E-state index is 0.518. The van der Waals surface area contributed by atoms with Gasteiger partial charge in [0.05, 0.1) is 11.4 Å². The summed E-state index contributed by atoms with van der Waals surface area (Å²) in [5.74, 6) is 0.914. The first-order valence-electron chi connectivity index (χ1n) is 7.73. The van der Waals surface area contributed by atoms with Crippen LogP contribution in [0.25, 0.3) is 0 Å². The van der Waals surface area contributed by atoms with Gasteiger partial charge in [0, 0.05) is 12.6 Å². The summed E-state index contributed by atoms with van der Waals surface area (Å²) in [4.78, 5) is 4.64. The van der Waals surface area contributed by atoms with Crippen molar-refractivity contribution >= 4 is 0 Å². The SMILES string of the molecule is CCc1cccc(OCc2cccc(CNC3CC3)n2)c1. The van der Waals surface area contributed by atoms with E-state index in [0.717, 1.165) is 30.1 Å². The predicted molar refractivity (Wildman–Crippen MR) is 84.3 cm³/mol.